The fraction of sp³-hybridized carbons (Fsp3) is 0.857. The zero-order chi connectivity index (χ0) is 13.1. The van der Waals surface area contributed by atoms with Crippen molar-refractivity contribution in [1.29, 1.82) is 0 Å². The van der Waals surface area contributed by atoms with Crippen LogP contribution in [0.2, 0.25) is 0 Å². The monoisotopic (exact) mass is 253 g/mol. The first-order valence-electron chi connectivity index (χ1n) is 7.08. The molecule has 1 aliphatic carbocycles. The quantitative estimate of drug-likeness (QED) is 0.816. The number of likely N-dealkylation sites (tertiary alicyclic amines) is 1. The summed E-state index contributed by atoms with van der Waals surface area (Å²) in [6.07, 6.45) is 6.88. The second kappa shape index (κ2) is 5.72. The average molecular weight is 253 g/mol. The van der Waals surface area contributed by atoms with E-state index in [4.69, 9.17) is 5.11 Å². The maximum absolute atomic E-state index is 11.9. The van der Waals surface area contributed by atoms with Crippen molar-refractivity contribution in [3.8, 4) is 0 Å². The highest BCUT2D eigenvalue weighted by Crippen LogP contribution is 2.30. The summed E-state index contributed by atoms with van der Waals surface area (Å²) in [5.41, 5.74) is 0. The highest BCUT2D eigenvalue weighted by molar-refractivity contribution is 5.77. The molecule has 1 heterocycles. The minimum absolute atomic E-state index is 0.151. The molecule has 1 saturated heterocycles. The lowest BCUT2D eigenvalue weighted by Crippen LogP contribution is -2.53. The standard InChI is InChI=1S/C14H23NO3/c1-10(14(17)18)12-8-15(9-12)13(16)7-6-11-4-2-3-5-11/h10-12H,2-9H2,1H3,(H,17,18). The molecule has 2 rings (SSSR count). The fourth-order valence-electron chi connectivity index (χ4n) is 3.02. The van der Waals surface area contributed by atoms with Crippen molar-refractivity contribution in [2.45, 2.75) is 45.4 Å². The number of carboxylic acid groups (broad SMARTS) is 1. The maximum atomic E-state index is 11.9. The lowest BCUT2D eigenvalue weighted by molar-refractivity contribution is -0.150. The normalized spacial score (nSPS) is 22.8. The number of hydrogen-bond donors (Lipinski definition) is 1. The van der Waals surface area contributed by atoms with Gasteiger partial charge in [-0.15, -0.1) is 0 Å². The van der Waals surface area contributed by atoms with E-state index in [-0.39, 0.29) is 17.7 Å². The molecule has 1 saturated carbocycles. The van der Waals surface area contributed by atoms with Crippen molar-refractivity contribution >= 4 is 11.9 Å². The number of nitrogens with zero attached hydrogens (tertiary/aromatic N) is 1. The highest BCUT2D eigenvalue weighted by atomic mass is 16.4. The van der Waals surface area contributed by atoms with Gasteiger partial charge in [0.15, 0.2) is 0 Å². The Hall–Kier alpha value is -1.06. The van der Waals surface area contributed by atoms with Crippen molar-refractivity contribution < 1.29 is 14.7 Å². The second-order valence-electron chi connectivity index (χ2n) is 5.87. The predicted octanol–water partition coefficient (Wildman–Crippen LogP) is 2.14. The predicted molar refractivity (Wildman–Crippen MR) is 68.1 cm³/mol. The fourth-order valence-corrected chi connectivity index (χ4v) is 3.02. The van der Waals surface area contributed by atoms with Crippen LogP contribution in [0.25, 0.3) is 0 Å². The number of hydrogen-bond acceptors (Lipinski definition) is 2. The Morgan fingerprint density at radius 1 is 1.28 bits per heavy atom. The molecule has 1 aliphatic heterocycles. The largest absolute Gasteiger partial charge is 0.481 e. The van der Waals surface area contributed by atoms with Gasteiger partial charge in [0.2, 0.25) is 5.91 Å². The van der Waals surface area contributed by atoms with E-state index in [1.807, 2.05) is 4.90 Å². The molecule has 1 atom stereocenters. The third kappa shape index (κ3) is 3.03. The molecular weight excluding hydrogens is 230 g/mol. The summed E-state index contributed by atoms with van der Waals surface area (Å²) in [6, 6.07) is 0. The molecule has 0 aromatic heterocycles. The van der Waals surface area contributed by atoms with Gasteiger partial charge in [0, 0.05) is 25.4 Å². The minimum atomic E-state index is -0.752. The van der Waals surface area contributed by atoms with E-state index in [9.17, 15) is 9.59 Å². The Morgan fingerprint density at radius 3 is 2.44 bits per heavy atom. The van der Waals surface area contributed by atoms with Gasteiger partial charge in [0.1, 0.15) is 0 Å². The molecule has 102 valence electrons. The van der Waals surface area contributed by atoms with Crippen LogP contribution in [-0.4, -0.2) is 35.0 Å². The van der Waals surface area contributed by atoms with Gasteiger partial charge in [-0.25, -0.2) is 0 Å². The van der Waals surface area contributed by atoms with E-state index in [0.717, 1.165) is 12.3 Å². The van der Waals surface area contributed by atoms with Crippen molar-refractivity contribution in [2.24, 2.45) is 17.8 Å². The SMILES string of the molecule is CC(C(=O)O)C1CN(C(=O)CCC2CCCC2)C1. The molecule has 4 nitrogen and oxygen atoms in total. The first-order valence-corrected chi connectivity index (χ1v) is 7.08. The molecule has 0 bridgehead atoms. The highest BCUT2D eigenvalue weighted by Gasteiger charge is 2.36. The number of carboxylic acids is 1. The van der Waals surface area contributed by atoms with Crippen LogP contribution < -0.4 is 0 Å². The van der Waals surface area contributed by atoms with Crippen LogP contribution in [0, 0.1) is 17.8 Å². The molecule has 1 unspecified atom stereocenters. The molecule has 0 aromatic rings. The summed E-state index contributed by atoms with van der Waals surface area (Å²) in [4.78, 5) is 24.5. The van der Waals surface area contributed by atoms with E-state index in [2.05, 4.69) is 0 Å². The summed E-state index contributed by atoms with van der Waals surface area (Å²) < 4.78 is 0. The second-order valence-corrected chi connectivity index (χ2v) is 5.87. The summed E-state index contributed by atoms with van der Waals surface area (Å²) in [5, 5.41) is 8.89. The number of carbonyl (C=O) groups excluding carboxylic acids is 1. The van der Waals surface area contributed by atoms with Crippen LogP contribution in [0.3, 0.4) is 0 Å². The lowest BCUT2D eigenvalue weighted by Gasteiger charge is -2.41. The van der Waals surface area contributed by atoms with Crippen LogP contribution >= 0.6 is 0 Å². The summed E-state index contributed by atoms with van der Waals surface area (Å²) in [6.45, 7) is 3.00. The molecule has 1 N–H and O–H groups in total. The first kappa shape index (κ1) is 13.4. The van der Waals surface area contributed by atoms with Gasteiger partial charge in [-0.1, -0.05) is 32.6 Å². The van der Waals surface area contributed by atoms with Gasteiger partial charge in [-0.2, -0.15) is 0 Å². The minimum Gasteiger partial charge on any atom is -0.481 e. The van der Waals surface area contributed by atoms with E-state index in [1.54, 1.807) is 6.92 Å². The average Bonchev–Trinajstić information content (AvgIpc) is 2.76. The zero-order valence-corrected chi connectivity index (χ0v) is 11.1. The van der Waals surface area contributed by atoms with Gasteiger partial charge >= 0.3 is 5.97 Å². The van der Waals surface area contributed by atoms with E-state index < -0.39 is 5.97 Å². The van der Waals surface area contributed by atoms with Crippen molar-refractivity contribution in [3.05, 3.63) is 0 Å². The third-order valence-corrected chi connectivity index (χ3v) is 4.60. The summed E-state index contributed by atoms with van der Waals surface area (Å²) in [5.74, 6) is 0.0413. The number of carbonyl (C=O) groups is 2. The van der Waals surface area contributed by atoms with Crippen molar-refractivity contribution in [2.75, 3.05) is 13.1 Å². The maximum Gasteiger partial charge on any atom is 0.306 e. The third-order valence-electron chi connectivity index (χ3n) is 4.60. The van der Waals surface area contributed by atoms with E-state index >= 15 is 0 Å². The Labute approximate surface area is 108 Å². The Bertz CT molecular complexity index is 317. The molecule has 0 radical (unpaired) electrons. The van der Waals surface area contributed by atoms with Gasteiger partial charge in [0.25, 0.3) is 0 Å². The van der Waals surface area contributed by atoms with Gasteiger partial charge < -0.3 is 10.0 Å². The molecule has 2 fully saturated rings. The van der Waals surface area contributed by atoms with Crippen molar-refractivity contribution in [3.63, 3.8) is 0 Å². The summed E-state index contributed by atoms with van der Waals surface area (Å²) >= 11 is 0. The first-order chi connectivity index (χ1) is 8.58. The molecule has 18 heavy (non-hydrogen) atoms. The number of rotatable bonds is 5. The summed E-state index contributed by atoms with van der Waals surface area (Å²) in [7, 11) is 0. The Balaban J connectivity index is 1.65. The van der Waals surface area contributed by atoms with E-state index in [1.165, 1.54) is 25.7 Å². The van der Waals surface area contributed by atoms with E-state index in [0.29, 0.717) is 19.5 Å². The molecule has 0 aromatic carbocycles. The van der Waals surface area contributed by atoms with Gasteiger partial charge in [-0.3, -0.25) is 9.59 Å². The lowest BCUT2D eigenvalue weighted by atomic mass is 9.86. The smallest absolute Gasteiger partial charge is 0.306 e. The van der Waals surface area contributed by atoms with Crippen LogP contribution in [-0.2, 0) is 9.59 Å². The molecule has 4 heteroatoms. The molecule has 1 amide bonds. The number of aliphatic carboxylic acids is 1. The number of amides is 1. The zero-order valence-electron chi connectivity index (χ0n) is 11.1. The molecule has 2 aliphatic rings. The van der Waals surface area contributed by atoms with Gasteiger partial charge in [-0.05, 0) is 12.3 Å². The Morgan fingerprint density at radius 2 is 1.89 bits per heavy atom. The molecular formula is C14H23NO3. The topological polar surface area (TPSA) is 57.6 Å². The van der Waals surface area contributed by atoms with Crippen LogP contribution in [0.15, 0.2) is 0 Å². The van der Waals surface area contributed by atoms with Crippen molar-refractivity contribution in [1.82, 2.24) is 4.90 Å². The van der Waals surface area contributed by atoms with Gasteiger partial charge in [0.05, 0.1) is 5.92 Å². The van der Waals surface area contributed by atoms with Crippen LogP contribution in [0.5, 0.6) is 0 Å². The van der Waals surface area contributed by atoms with Crippen LogP contribution in [0.1, 0.15) is 45.4 Å². The molecule has 0 spiro atoms. The van der Waals surface area contributed by atoms with Crippen LogP contribution in [0.4, 0.5) is 0 Å². The Kier molecular flexibility index (Phi) is 4.25.